The van der Waals surface area contributed by atoms with Crippen molar-refractivity contribution in [3.8, 4) is 28.9 Å². The lowest BCUT2D eigenvalue weighted by molar-refractivity contribution is 0.383. The van der Waals surface area contributed by atoms with Gasteiger partial charge in [-0.05, 0) is 5.56 Å². The second kappa shape index (κ2) is 7.08. The Kier molecular flexibility index (Phi) is 4.23. The normalized spacial score (nSPS) is 15.3. The Labute approximate surface area is 177 Å². The number of nitriles is 1. The monoisotopic (exact) mass is 408 g/mol. The van der Waals surface area contributed by atoms with E-state index >= 15 is 0 Å². The summed E-state index contributed by atoms with van der Waals surface area (Å²) in [7, 11) is 0. The molecule has 5 rings (SSSR count). The molecule has 0 bridgehead atoms. The first-order valence-corrected chi connectivity index (χ1v) is 9.60. The summed E-state index contributed by atoms with van der Waals surface area (Å²) in [6.45, 7) is 0. The molecule has 6 nitrogen and oxygen atoms in total. The number of allylic oxidation sites excluding steroid dienone is 1. The number of nitrogens with two attached hydrogens (primary N) is 1. The van der Waals surface area contributed by atoms with Gasteiger partial charge in [0.25, 0.3) is 0 Å². The molecular weight excluding hydrogens is 392 g/mol. The van der Waals surface area contributed by atoms with Crippen LogP contribution in [-0.2, 0) is 0 Å². The average molecular weight is 408 g/mol. The van der Waals surface area contributed by atoms with Crippen LogP contribution in [0.5, 0.6) is 11.5 Å². The highest BCUT2D eigenvalue weighted by Gasteiger charge is 2.35. The number of ether oxygens (including phenoxy) is 1. The third kappa shape index (κ3) is 2.92. The fraction of sp³-hybridized carbons (Fsp3) is 0.0400. The zero-order valence-corrected chi connectivity index (χ0v) is 16.2. The Morgan fingerprint density at radius 3 is 2.35 bits per heavy atom. The Morgan fingerprint density at radius 1 is 1.00 bits per heavy atom. The predicted octanol–water partition coefficient (Wildman–Crippen LogP) is 4.38. The quantitative estimate of drug-likeness (QED) is 0.509. The first kappa shape index (κ1) is 18.5. The Bertz CT molecular complexity index is 1450. The van der Waals surface area contributed by atoms with Gasteiger partial charge in [-0.15, -0.1) is 0 Å². The van der Waals surface area contributed by atoms with E-state index in [1.165, 1.54) is 12.1 Å². The summed E-state index contributed by atoms with van der Waals surface area (Å²) in [4.78, 5) is 13.0. The summed E-state index contributed by atoms with van der Waals surface area (Å²) < 4.78 is 11.6. The molecule has 1 aliphatic heterocycles. The summed E-state index contributed by atoms with van der Waals surface area (Å²) >= 11 is 0. The topological polar surface area (TPSA) is 109 Å². The van der Waals surface area contributed by atoms with Crippen LogP contribution in [0.3, 0.4) is 0 Å². The van der Waals surface area contributed by atoms with Crippen molar-refractivity contribution in [2.45, 2.75) is 5.92 Å². The van der Waals surface area contributed by atoms with Gasteiger partial charge in [-0.2, -0.15) is 5.26 Å². The van der Waals surface area contributed by atoms with Crippen LogP contribution in [0.2, 0.25) is 0 Å². The van der Waals surface area contributed by atoms with E-state index < -0.39 is 11.3 Å². The molecule has 3 aromatic carbocycles. The van der Waals surface area contributed by atoms with Gasteiger partial charge in [0.1, 0.15) is 39.9 Å². The van der Waals surface area contributed by atoms with Crippen molar-refractivity contribution in [2.75, 3.05) is 0 Å². The van der Waals surface area contributed by atoms with Crippen LogP contribution in [0.25, 0.3) is 22.3 Å². The van der Waals surface area contributed by atoms with Crippen molar-refractivity contribution in [3.63, 3.8) is 0 Å². The lowest BCUT2D eigenvalue weighted by atomic mass is 9.82. The summed E-state index contributed by atoms with van der Waals surface area (Å²) in [5.41, 5.74) is 7.76. The van der Waals surface area contributed by atoms with Gasteiger partial charge < -0.3 is 20.0 Å². The van der Waals surface area contributed by atoms with Crippen LogP contribution < -0.4 is 15.9 Å². The maximum Gasteiger partial charge on any atom is 0.205 e. The molecule has 0 aliphatic carbocycles. The van der Waals surface area contributed by atoms with Gasteiger partial charge in [0.2, 0.25) is 5.88 Å². The Morgan fingerprint density at radius 2 is 1.68 bits per heavy atom. The molecule has 1 aromatic heterocycles. The van der Waals surface area contributed by atoms with E-state index in [0.717, 1.165) is 11.1 Å². The van der Waals surface area contributed by atoms with Crippen LogP contribution in [0.4, 0.5) is 0 Å². The molecule has 0 saturated carbocycles. The third-order valence-corrected chi connectivity index (χ3v) is 5.37. The molecule has 1 unspecified atom stereocenters. The maximum absolute atomic E-state index is 13.0. The Hall–Kier alpha value is -4.50. The molecule has 0 radical (unpaired) electrons. The summed E-state index contributed by atoms with van der Waals surface area (Å²) in [6.07, 6.45) is 0. The second-order valence-electron chi connectivity index (χ2n) is 7.19. The van der Waals surface area contributed by atoms with Crippen molar-refractivity contribution in [3.05, 3.63) is 106 Å². The van der Waals surface area contributed by atoms with Crippen molar-refractivity contribution < 1.29 is 14.3 Å². The number of hydrogen-bond donors (Lipinski definition) is 2. The highest BCUT2D eigenvalue weighted by molar-refractivity contribution is 5.89. The van der Waals surface area contributed by atoms with Gasteiger partial charge in [0.15, 0.2) is 5.43 Å². The fourth-order valence-electron chi connectivity index (χ4n) is 3.96. The largest absolute Gasteiger partial charge is 0.507 e. The first-order valence-electron chi connectivity index (χ1n) is 9.60. The lowest BCUT2D eigenvalue weighted by Crippen LogP contribution is -2.21. The van der Waals surface area contributed by atoms with E-state index in [4.69, 9.17) is 14.9 Å². The molecule has 150 valence electrons. The maximum atomic E-state index is 13.0. The molecule has 6 heteroatoms. The minimum Gasteiger partial charge on any atom is -0.507 e. The van der Waals surface area contributed by atoms with E-state index in [-0.39, 0.29) is 33.9 Å². The van der Waals surface area contributed by atoms with Crippen LogP contribution >= 0.6 is 0 Å². The van der Waals surface area contributed by atoms with Gasteiger partial charge in [-0.25, -0.2) is 0 Å². The van der Waals surface area contributed by atoms with Gasteiger partial charge in [-0.1, -0.05) is 60.7 Å². The van der Waals surface area contributed by atoms with E-state index in [1.54, 1.807) is 0 Å². The zero-order chi connectivity index (χ0) is 21.5. The van der Waals surface area contributed by atoms with Gasteiger partial charge in [0.05, 0.1) is 11.5 Å². The number of phenols is 1. The van der Waals surface area contributed by atoms with Crippen molar-refractivity contribution in [2.24, 2.45) is 5.73 Å². The Balaban J connectivity index is 1.80. The predicted molar refractivity (Wildman–Crippen MR) is 115 cm³/mol. The average Bonchev–Trinajstić information content (AvgIpc) is 2.79. The molecule has 31 heavy (non-hydrogen) atoms. The smallest absolute Gasteiger partial charge is 0.205 e. The van der Waals surface area contributed by atoms with Gasteiger partial charge in [-0.3, -0.25) is 4.79 Å². The number of rotatable bonds is 2. The summed E-state index contributed by atoms with van der Waals surface area (Å²) in [6, 6.07) is 23.3. The zero-order valence-electron chi connectivity index (χ0n) is 16.2. The van der Waals surface area contributed by atoms with E-state index in [9.17, 15) is 15.2 Å². The standard InChI is InChI=1S/C25H16N2O4/c26-13-16-21(15-9-5-2-6-10-15)23-20(31-25(16)27)12-19-22(24(23)29)17(28)11-18(30-19)14-7-3-1-4-8-14/h1-12,21,29H,27H2. The van der Waals surface area contributed by atoms with Crippen molar-refractivity contribution in [1.29, 1.82) is 5.26 Å². The highest BCUT2D eigenvalue weighted by atomic mass is 16.5. The first-order chi connectivity index (χ1) is 15.1. The summed E-state index contributed by atoms with van der Waals surface area (Å²) in [5.74, 6) is -0.399. The molecule has 3 N–H and O–H groups in total. The number of hydrogen-bond acceptors (Lipinski definition) is 6. The number of benzene rings is 3. The second-order valence-corrected chi connectivity index (χ2v) is 7.19. The molecule has 0 fully saturated rings. The number of aromatic hydroxyl groups is 1. The summed E-state index contributed by atoms with van der Waals surface area (Å²) in [5, 5.41) is 20.9. The molecule has 2 heterocycles. The van der Waals surface area contributed by atoms with Crippen LogP contribution in [-0.4, -0.2) is 5.11 Å². The molecule has 0 saturated heterocycles. The molecule has 1 aliphatic rings. The van der Waals surface area contributed by atoms with Crippen molar-refractivity contribution >= 4 is 11.0 Å². The number of fused-ring (bicyclic) bond motifs is 2. The molecule has 0 spiro atoms. The van der Waals surface area contributed by atoms with Crippen LogP contribution in [0.15, 0.2) is 93.5 Å². The minimum absolute atomic E-state index is 0.0284. The molecule has 4 aromatic rings. The van der Waals surface area contributed by atoms with E-state index in [0.29, 0.717) is 11.3 Å². The third-order valence-electron chi connectivity index (χ3n) is 5.37. The SMILES string of the molecule is N#CC1=C(N)Oc2cc3oc(-c4ccccc4)cc(=O)c3c(O)c2C1c1ccccc1. The molecule has 0 amide bonds. The molecule has 1 atom stereocenters. The molecular formula is C25H16N2O4. The fourth-order valence-corrected chi connectivity index (χ4v) is 3.96. The highest BCUT2D eigenvalue weighted by Crippen LogP contribution is 2.48. The van der Waals surface area contributed by atoms with Crippen LogP contribution in [0.1, 0.15) is 17.0 Å². The van der Waals surface area contributed by atoms with E-state index in [2.05, 4.69) is 6.07 Å². The minimum atomic E-state index is -0.674. The van der Waals surface area contributed by atoms with E-state index in [1.807, 2.05) is 60.7 Å². The number of phenolic OH excluding ortho intramolecular Hbond substituents is 1. The van der Waals surface area contributed by atoms with Crippen LogP contribution in [0, 0.1) is 11.3 Å². The van der Waals surface area contributed by atoms with Gasteiger partial charge in [0, 0.05) is 17.7 Å². The lowest BCUT2D eigenvalue weighted by Gasteiger charge is -2.27. The van der Waals surface area contributed by atoms with Crippen molar-refractivity contribution in [1.82, 2.24) is 0 Å². The van der Waals surface area contributed by atoms with Gasteiger partial charge >= 0.3 is 0 Å². The number of nitrogens with zero attached hydrogens (tertiary/aromatic N) is 1.